The first kappa shape index (κ1) is 22.4. The van der Waals surface area contributed by atoms with Crippen LogP contribution in [-0.4, -0.2) is 26.1 Å². The maximum absolute atomic E-state index is 12.6. The van der Waals surface area contributed by atoms with Crippen LogP contribution in [0, 0.1) is 12.8 Å². The van der Waals surface area contributed by atoms with Crippen LogP contribution < -0.4 is 14.8 Å². The summed E-state index contributed by atoms with van der Waals surface area (Å²) in [5, 5.41) is 6.37. The first-order valence-electron chi connectivity index (χ1n) is 9.83. The van der Waals surface area contributed by atoms with E-state index in [1.54, 1.807) is 31.2 Å². The monoisotopic (exact) mass is 443 g/mol. The number of nitrogens with one attached hydrogen (secondary N) is 2. The van der Waals surface area contributed by atoms with Gasteiger partial charge in [-0.2, -0.15) is 0 Å². The zero-order chi connectivity index (χ0) is 22.4. The predicted octanol–water partition coefficient (Wildman–Crippen LogP) is 4.46. The first-order chi connectivity index (χ1) is 14.7. The van der Waals surface area contributed by atoms with Gasteiger partial charge in [-0.3, -0.25) is 9.52 Å². The summed E-state index contributed by atoms with van der Waals surface area (Å²) in [4.78, 5) is 12.6. The van der Waals surface area contributed by atoms with Crippen molar-refractivity contribution in [2.24, 2.45) is 5.92 Å². The molecule has 8 nitrogen and oxygen atoms in total. The molecule has 0 aliphatic carbocycles. The van der Waals surface area contributed by atoms with Crippen molar-refractivity contribution in [1.82, 2.24) is 5.16 Å². The highest BCUT2D eigenvalue weighted by Crippen LogP contribution is 2.20. The summed E-state index contributed by atoms with van der Waals surface area (Å²) in [6.45, 7) is 6.49. The third kappa shape index (κ3) is 6.32. The Morgan fingerprint density at radius 2 is 1.87 bits per heavy atom. The number of aromatic nitrogens is 1. The Balaban J connectivity index is 1.63. The van der Waals surface area contributed by atoms with Crippen molar-refractivity contribution in [3.05, 3.63) is 65.9 Å². The minimum Gasteiger partial charge on any atom is -0.494 e. The molecule has 31 heavy (non-hydrogen) atoms. The van der Waals surface area contributed by atoms with Crippen molar-refractivity contribution in [2.45, 2.75) is 32.1 Å². The number of ether oxygens (including phenoxy) is 1. The fourth-order valence-corrected chi connectivity index (χ4v) is 3.66. The Kier molecular flexibility index (Phi) is 6.96. The van der Waals surface area contributed by atoms with E-state index in [4.69, 9.17) is 9.26 Å². The molecule has 0 saturated carbocycles. The van der Waals surface area contributed by atoms with Crippen molar-refractivity contribution in [3.8, 4) is 5.75 Å². The Morgan fingerprint density at radius 1 is 1.13 bits per heavy atom. The number of anilines is 2. The van der Waals surface area contributed by atoms with Gasteiger partial charge in [0, 0.05) is 17.3 Å². The molecule has 0 bridgehead atoms. The van der Waals surface area contributed by atoms with E-state index in [1.165, 1.54) is 30.3 Å². The van der Waals surface area contributed by atoms with Crippen molar-refractivity contribution in [3.63, 3.8) is 0 Å². The van der Waals surface area contributed by atoms with E-state index in [0.29, 0.717) is 35.3 Å². The van der Waals surface area contributed by atoms with Crippen molar-refractivity contribution in [1.29, 1.82) is 0 Å². The number of nitrogens with zero attached hydrogens (tertiary/aromatic N) is 1. The molecule has 0 radical (unpaired) electrons. The van der Waals surface area contributed by atoms with E-state index in [-0.39, 0.29) is 16.6 Å². The Hall–Kier alpha value is -3.33. The number of hydrogen-bond acceptors (Lipinski definition) is 6. The molecule has 0 aliphatic heterocycles. The molecule has 1 aromatic heterocycles. The van der Waals surface area contributed by atoms with E-state index < -0.39 is 10.0 Å². The standard InChI is InChI=1S/C22H25N3O5S/c1-15(2)11-12-29-19-6-4-5-17(14-19)22(26)23-18-7-9-20(10-8-18)31(27,28)25-21-13-16(3)30-24-21/h4-10,13-15H,11-12H2,1-3H3,(H,23,26)(H,24,25). The summed E-state index contributed by atoms with van der Waals surface area (Å²) >= 11 is 0. The smallest absolute Gasteiger partial charge is 0.263 e. The highest BCUT2D eigenvalue weighted by molar-refractivity contribution is 7.92. The second-order valence-electron chi connectivity index (χ2n) is 7.47. The van der Waals surface area contributed by atoms with Gasteiger partial charge in [-0.1, -0.05) is 25.1 Å². The van der Waals surface area contributed by atoms with Gasteiger partial charge in [0.15, 0.2) is 5.82 Å². The van der Waals surface area contributed by atoms with Gasteiger partial charge < -0.3 is 14.6 Å². The topological polar surface area (TPSA) is 111 Å². The molecule has 0 fully saturated rings. The molecule has 2 aromatic carbocycles. The molecule has 0 spiro atoms. The molecule has 2 N–H and O–H groups in total. The van der Waals surface area contributed by atoms with Gasteiger partial charge in [-0.15, -0.1) is 0 Å². The number of aryl methyl sites for hydroxylation is 1. The van der Waals surface area contributed by atoms with Crippen LogP contribution in [0.25, 0.3) is 0 Å². The molecule has 0 atom stereocenters. The summed E-state index contributed by atoms with van der Waals surface area (Å²) in [5.41, 5.74) is 0.911. The van der Waals surface area contributed by atoms with Crippen LogP contribution in [0.4, 0.5) is 11.5 Å². The highest BCUT2D eigenvalue weighted by atomic mass is 32.2. The molecule has 0 aliphatic rings. The third-order valence-corrected chi connectivity index (χ3v) is 5.72. The van der Waals surface area contributed by atoms with Crippen LogP contribution in [-0.2, 0) is 10.0 Å². The largest absolute Gasteiger partial charge is 0.494 e. The van der Waals surface area contributed by atoms with Crippen LogP contribution in [0.3, 0.4) is 0 Å². The van der Waals surface area contributed by atoms with E-state index in [1.807, 2.05) is 0 Å². The maximum Gasteiger partial charge on any atom is 0.263 e. The van der Waals surface area contributed by atoms with Crippen LogP contribution >= 0.6 is 0 Å². The summed E-state index contributed by atoms with van der Waals surface area (Å²) in [5.74, 6) is 1.44. The molecule has 3 rings (SSSR count). The molecule has 9 heteroatoms. The van der Waals surface area contributed by atoms with E-state index in [9.17, 15) is 13.2 Å². The SMILES string of the molecule is Cc1cc(NS(=O)(=O)c2ccc(NC(=O)c3cccc(OCCC(C)C)c3)cc2)no1. The molecule has 164 valence electrons. The average Bonchev–Trinajstić information content (AvgIpc) is 3.12. The second kappa shape index (κ2) is 9.65. The average molecular weight is 444 g/mol. The molecule has 0 saturated heterocycles. The highest BCUT2D eigenvalue weighted by Gasteiger charge is 2.16. The number of hydrogen-bond donors (Lipinski definition) is 2. The molecular formula is C22H25N3O5S. The van der Waals surface area contributed by atoms with Gasteiger partial charge >= 0.3 is 0 Å². The Bertz CT molecular complexity index is 1140. The number of carbonyl (C=O) groups is 1. The zero-order valence-corrected chi connectivity index (χ0v) is 18.4. The van der Waals surface area contributed by atoms with Crippen LogP contribution in [0.15, 0.2) is 64.0 Å². The van der Waals surface area contributed by atoms with Crippen molar-refractivity contribution < 1.29 is 22.5 Å². The summed E-state index contributed by atoms with van der Waals surface area (Å²) in [6, 6.07) is 14.2. The van der Waals surface area contributed by atoms with Gasteiger partial charge in [0.25, 0.3) is 15.9 Å². The third-order valence-electron chi connectivity index (χ3n) is 4.35. The van der Waals surface area contributed by atoms with Crippen LogP contribution in [0.5, 0.6) is 5.75 Å². The van der Waals surface area contributed by atoms with Gasteiger partial charge in [-0.05, 0) is 61.7 Å². The molecule has 3 aromatic rings. The fourth-order valence-electron chi connectivity index (χ4n) is 2.67. The maximum atomic E-state index is 12.6. The van der Waals surface area contributed by atoms with Gasteiger partial charge in [0.1, 0.15) is 11.5 Å². The van der Waals surface area contributed by atoms with Crippen LogP contribution in [0.2, 0.25) is 0 Å². The quantitative estimate of drug-likeness (QED) is 0.505. The van der Waals surface area contributed by atoms with E-state index >= 15 is 0 Å². The van der Waals surface area contributed by atoms with Crippen molar-refractivity contribution in [2.75, 3.05) is 16.6 Å². The molecule has 1 heterocycles. The lowest BCUT2D eigenvalue weighted by Crippen LogP contribution is -2.14. The summed E-state index contributed by atoms with van der Waals surface area (Å²) < 4.78 is 37.8. The number of sulfonamides is 1. The first-order valence-corrected chi connectivity index (χ1v) is 11.3. The minimum absolute atomic E-state index is 0.0340. The molecule has 0 unspecified atom stereocenters. The zero-order valence-electron chi connectivity index (χ0n) is 17.6. The van der Waals surface area contributed by atoms with Gasteiger partial charge in [0.05, 0.1) is 11.5 Å². The lowest BCUT2D eigenvalue weighted by molar-refractivity contribution is 0.102. The second-order valence-corrected chi connectivity index (χ2v) is 9.15. The predicted molar refractivity (Wildman–Crippen MR) is 118 cm³/mol. The van der Waals surface area contributed by atoms with Crippen molar-refractivity contribution >= 4 is 27.4 Å². The Morgan fingerprint density at radius 3 is 2.52 bits per heavy atom. The normalized spacial score (nSPS) is 11.4. The number of benzene rings is 2. The van der Waals surface area contributed by atoms with Gasteiger partial charge in [-0.25, -0.2) is 8.42 Å². The number of rotatable bonds is 9. The summed E-state index contributed by atoms with van der Waals surface area (Å²) in [7, 11) is -3.82. The Labute approximate surface area is 181 Å². The number of carbonyl (C=O) groups excluding carboxylic acids is 1. The van der Waals surface area contributed by atoms with E-state index in [0.717, 1.165) is 6.42 Å². The molecular weight excluding hydrogens is 418 g/mol. The lowest BCUT2D eigenvalue weighted by Gasteiger charge is -2.10. The van der Waals surface area contributed by atoms with E-state index in [2.05, 4.69) is 29.0 Å². The van der Waals surface area contributed by atoms with Gasteiger partial charge in [0.2, 0.25) is 0 Å². The minimum atomic E-state index is -3.82. The lowest BCUT2D eigenvalue weighted by atomic mass is 10.1. The summed E-state index contributed by atoms with van der Waals surface area (Å²) in [6.07, 6.45) is 0.927. The van der Waals surface area contributed by atoms with Crippen LogP contribution in [0.1, 0.15) is 36.4 Å². The number of amides is 1. The molecule has 1 amide bonds. The fraction of sp³-hybridized carbons (Fsp3) is 0.273.